The molecule has 2 aromatic rings. The van der Waals surface area contributed by atoms with Crippen molar-refractivity contribution in [3.05, 3.63) is 60.7 Å². The van der Waals surface area contributed by atoms with E-state index in [2.05, 4.69) is 10.8 Å². The second-order valence-corrected chi connectivity index (χ2v) is 10.7. The van der Waals surface area contributed by atoms with Crippen molar-refractivity contribution < 1.29 is 19.5 Å². The Morgan fingerprint density at radius 1 is 0.882 bits per heavy atom. The average molecular weight is 505 g/mol. The van der Waals surface area contributed by atoms with Gasteiger partial charge in [-0.3, -0.25) is 4.79 Å². The highest BCUT2D eigenvalue weighted by Crippen LogP contribution is 2.36. The lowest BCUT2D eigenvalue weighted by molar-refractivity contribution is -0.151. The van der Waals surface area contributed by atoms with Crippen molar-refractivity contribution >= 4 is 35.5 Å². The molecule has 0 aliphatic carbocycles. The first-order chi connectivity index (χ1) is 16.5. The van der Waals surface area contributed by atoms with Crippen molar-refractivity contribution in [3.63, 3.8) is 0 Å². The van der Waals surface area contributed by atoms with Crippen LogP contribution in [0.3, 0.4) is 0 Å². The Kier molecular flexibility index (Phi) is 13.8. The molecular formula is C26H36N2O4S2. The molecule has 34 heavy (non-hydrogen) atoms. The summed E-state index contributed by atoms with van der Waals surface area (Å²) >= 11 is 2.91. The summed E-state index contributed by atoms with van der Waals surface area (Å²) in [4.78, 5) is 32.2. The lowest BCUT2D eigenvalue weighted by Crippen LogP contribution is -2.33. The van der Waals surface area contributed by atoms with E-state index in [4.69, 9.17) is 4.84 Å². The Bertz CT molecular complexity index is 839. The molecule has 186 valence electrons. The van der Waals surface area contributed by atoms with Gasteiger partial charge in [-0.1, -0.05) is 56.2 Å². The maximum atomic E-state index is 13.0. The van der Waals surface area contributed by atoms with Gasteiger partial charge in [-0.05, 0) is 57.1 Å². The molecule has 3 N–H and O–H groups in total. The van der Waals surface area contributed by atoms with Crippen LogP contribution in [-0.4, -0.2) is 47.7 Å². The number of hydroxylamine groups is 1. The van der Waals surface area contributed by atoms with Crippen molar-refractivity contribution in [2.45, 2.75) is 59.3 Å². The molecular weight excluding hydrogens is 468 g/mol. The van der Waals surface area contributed by atoms with Gasteiger partial charge in [0.2, 0.25) is 0 Å². The van der Waals surface area contributed by atoms with Crippen molar-refractivity contribution in [1.82, 2.24) is 10.8 Å². The number of nitrogens with one attached hydrogen (secondary N) is 2. The minimum absolute atomic E-state index is 0.291. The van der Waals surface area contributed by atoms with E-state index >= 15 is 0 Å². The van der Waals surface area contributed by atoms with E-state index in [1.807, 2.05) is 67.7 Å². The van der Waals surface area contributed by atoms with Gasteiger partial charge in [0, 0.05) is 21.6 Å². The van der Waals surface area contributed by atoms with E-state index in [9.17, 15) is 14.7 Å². The largest absolute Gasteiger partial charge is 0.481 e. The molecule has 3 atom stereocenters. The molecule has 0 aliphatic rings. The van der Waals surface area contributed by atoms with Crippen LogP contribution in [0.2, 0.25) is 0 Å². The number of aliphatic carboxylic acids is 1. The lowest BCUT2D eigenvalue weighted by Gasteiger charge is -2.25. The first-order valence-corrected chi connectivity index (χ1v) is 13.5. The standard InChI is InChI=1S/C26H36N2O4S2/c1-20(25(29)30)23(33-21-13-7-5-8-14-21)19-24(34-22-15-9-6-10-16-22)26(31)32-28-18-12-4-3-11-17-27-2/h5-10,13-16,20,23-24,27-28H,3-4,11-12,17-19H2,1-2H3,(H,29,30). The third kappa shape index (κ3) is 11.0. The van der Waals surface area contributed by atoms with Crippen molar-refractivity contribution in [2.75, 3.05) is 20.1 Å². The summed E-state index contributed by atoms with van der Waals surface area (Å²) in [5.41, 5.74) is 2.82. The highest BCUT2D eigenvalue weighted by molar-refractivity contribution is 8.01. The number of carbonyl (C=O) groups is 2. The molecule has 0 bridgehead atoms. The van der Waals surface area contributed by atoms with Crippen LogP contribution in [0, 0.1) is 5.92 Å². The fourth-order valence-corrected chi connectivity index (χ4v) is 5.78. The van der Waals surface area contributed by atoms with E-state index in [1.54, 1.807) is 6.92 Å². The zero-order valence-electron chi connectivity index (χ0n) is 19.9. The SMILES string of the molecule is CNCCCCCCNOC(=O)C(CC(Sc1ccccc1)C(C)C(=O)O)Sc1ccccc1. The number of benzene rings is 2. The van der Waals surface area contributed by atoms with Crippen molar-refractivity contribution in [3.8, 4) is 0 Å². The predicted molar refractivity (Wildman–Crippen MR) is 140 cm³/mol. The fraction of sp³-hybridized carbons (Fsp3) is 0.462. The number of carbonyl (C=O) groups excluding carboxylic acids is 1. The fourth-order valence-electron chi connectivity index (χ4n) is 3.29. The van der Waals surface area contributed by atoms with Crippen LogP contribution in [0.15, 0.2) is 70.5 Å². The summed E-state index contributed by atoms with van der Waals surface area (Å²) in [6.07, 6.45) is 4.64. The van der Waals surface area contributed by atoms with Gasteiger partial charge in [-0.2, -0.15) is 5.48 Å². The van der Waals surface area contributed by atoms with Crippen LogP contribution < -0.4 is 10.8 Å². The summed E-state index contributed by atoms with van der Waals surface area (Å²) in [5, 5.41) is 12.0. The van der Waals surface area contributed by atoms with Crippen LogP contribution in [0.1, 0.15) is 39.0 Å². The van der Waals surface area contributed by atoms with Gasteiger partial charge in [-0.25, -0.2) is 4.79 Å². The Morgan fingerprint density at radius 2 is 1.44 bits per heavy atom. The molecule has 2 rings (SSSR count). The first kappa shape index (κ1) is 28.2. The molecule has 6 nitrogen and oxygen atoms in total. The minimum atomic E-state index is -0.873. The molecule has 0 spiro atoms. The van der Waals surface area contributed by atoms with Gasteiger partial charge in [0.15, 0.2) is 0 Å². The van der Waals surface area contributed by atoms with E-state index in [-0.39, 0.29) is 11.2 Å². The quantitative estimate of drug-likeness (QED) is 0.153. The monoisotopic (exact) mass is 504 g/mol. The number of thioether (sulfide) groups is 2. The normalized spacial score (nSPS) is 13.7. The first-order valence-electron chi connectivity index (χ1n) is 11.8. The number of unbranched alkanes of at least 4 members (excludes halogenated alkanes) is 3. The molecule has 3 unspecified atom stereocenters. The topological polar surface area (TPSA) is 87.7 Å². The third-order valence-corrected chi connectivity index (χ3v) is 8.00. The van der Waals surface area contributed by atoms with Crippen LogP contribution in [0.4, 0.5) is 0 Å². The molecule has 0 heterocycles. The molecule has 8 heteroatoms. The van der Waals surface area contributed by atoms with Gasteiger partial charge < -0.3 is 15.3 Å². The molecule has 0 saturated heterocycles. The number of carboxylic acids is 1. The summed E-state index contributed by atoms with van der Waals surface area (Å²) in [5.74, 6) is -1.87. The van der Waals surface area contributed by atoms with Crippen LogP contribution in [0.25, 0.3) is 0 Å². The van der Waals surface area contributed by atoms with Crippen LogP contribution in [0.5, 0.6) is 0 Å². The van der Waals surface area contributed by atoms with Gasteiger partial charge >= 0.3 is 11.9 Å². The smallest absolute Gasteiger partial charge is 0.338 e. The summed E-state index contributed by atoms with van der Waals surface area (Å²) < 4.78 is 0. The van der Waals surface area contributed by atoms with E-state index in [0.29, 0.717) is 13.0 Å². The Labute approximate surface area is 211 Å². The molecule has 2 aromatic carbocycles. The van der Waals surface area contributed by atoms with E-state index in [0.717, 1.165) is 42.0 Å². The Hall–Kier alpha value is -2.00. The average Bonchev–Trinajstić information content (AvgIpc) is 2.85. The highest BCUT2D eigenvalue weighted by atomic mass is 32.2. The van der Waals surface area contributed by atoms with Gasteiger partial charge in [0.1, 0.15) is 5.25 Å². The highest BCUT2D eigenvalue weighted by Gasteiger charge is 2.32. The molecule has 0 aromatic heterocycles. The Balaban J connectivity index is 2.02. The number of hydrogen-bond donors (Lipinski definition) is 3. The lowest BCUT2D eigenvalue weighted by atomic mass is 10.0. The van der Waals surface area contributed by atoms with Crippen LogP contribution in [-0.2, 0) is 14.4 Å². The van der Waals surface area contributed by atoms with E-state index < -0.39 is 17.1 Å². The molecule has 0 fully saturated rings. The van der Waals surface area contributed by atoms with Gasteiger partial charge in [-0.15, -0.1) is 23.5 Å². The Morgan fingerprint density at radius 3 is 2.00 bits per heavy atom. The van der Waals surface area contributed by atoms with Crippen molar-refractivity contribution in [2.24, 2.45) is 5.92 Å². The molecule has 0 amide bonds. The molecule has 0 radical (unpaired) electrons. The van der Waals surface area contributed by atoms with Gasteiger partial charge in [0.25, 0.3) is 0 Å². The molecule has 0 aliphatic heterocycles. The number of rotatable bonds is 17. The predicted octanol–water partition coefficient (Wildman–Crippen LogP) is 5.25. The molecule has 0 saturated carbocycles. The number of hydrogen-bond acceptors (Lipinski definition) is 7. The number of carboxylic acid groups (broad SMARTS) is 1. The third-order valence-electron chi connectivity index (χ3n) is 5.34. The maximum absolute atomic E-state index is 13.0. The second-order valence-electron chi connectivity index (χ2n) is 8.08. The van der Waals surface area contributed by atoms with E-state index in [1.165, 1.54) is 23.5 Å². The summed E-state index contributed by atoms with van der Waals surface area (Å²) in [6.45, 7) is 3.31. The zero-order valence-corrected chi connectivity index (χ0v) is 21.6. The summed E-state index contributed by atoms with van der Waals surface area (Å²) in [7, 11) is 1.95. The maximum Gasteiger partial charge on any atom is 0.338 e. The second kappa shape index (κ2) is 16.6. The van der Waals surface area contributed by atoms with Gasteiger partial charge in [0.05, 0.1) is 5.92 Å². The zero-order chi connectivity index (χ0) is 24.6. The van der Waals surface area contributed by atoms with Crippen LogP contribution >= 0.6 is 23.5 Å². The van der Waals surface area contributed by atoms with Crippen molar-refractivity contribution in [1.29, 1.82) is 0 Å². The minimum Gasteiger partial charge on any atom is -0.481 e. The summed E-state index contributed by atoms with van der Waals surface area (Å²) in [6, 6.07) is 19.4.